The van der Waals surface area contributed by atoms with Gasteiger partial charge in [-0.2, -0.15) is 0 Å². The van der Waals surface area contributed by atoms with Gasteiger partial charge in [0.1, 0.15) is 0 Å². The van der Waals surface area contributed by atoms with E-state index >= 15 is 0 Å². The minimum Gasteiger partial charge on any atom is -0.237 e. The molecule has 1 unspecified atom stereocenters. The van der Waals surface area contributed by atoms with Crippen LogP contribution in [0.25, 0.3) is 0 Å². The molecule has 1 rings (SSSR count). The summed E-state index contributed by atoms with van der Waals surface area (Å²) in [6.07, 6.45) is 45.5. The van der Waals surface area contributed by atoms with Crippen LogP contribution in [0.2, 0.25) is 0 Å². The van der Waals surface area contributed by atoms with Crippen LogP contribution in [-0.2, 0) is 9.78 Å². The Bertz CT molecular complexity index is 402. The summed E-state index contributed by atoms with van der Waals surface area (Å²) >= 11 is 0. The molecule has 1 atom stereocenters. The van der Waals surface area contributed by atoms with Crippen LogP contribution < -0.4 is 0 Å². The minimum absolute atomic E-state index is 0.781. The summed E-state index contributed by atoms with van der Waals surface area (Å²) in [5.74, 6) is 0.841. The van der Waals surface area contributed by atoms with Crippen molar-refractivity contribution in [3.8, 4) is 0 Å². The maximum absolute atomic E-state index is 5.60. The fourth-order valence-corrected chi connectivity index (χ4v) is 6.29. The average Bonchev–Trinajstić information content (AvgIpc) is 2.93. The van der Waals surface area contributed by atoms with Crippen LogP contribution in [-0.4, -0.2) is 13.2 Å². The van der Waals surface area contributed by atoms with Gasteiger partial charge in [-0.3, -0.25) is 0 Å². The lowest BCUT2D eigenvalue weighted by atomic mass is 9.91. The van der Waals surface area contributed by atoms with Gasteiger partial charge in [0.05, 0.1) is 13.2 Å². The van der Waals surface area contributed by atoms with E-state index in [1.54, 1.807) is 0 Å². The van der Waals surface area contributed by atoms with E-state index in [9.17, 15) is 0 Å². The van der Waals surface area contributed by atoms with Gasteiger partial charge in [0.25, 0.3) is 0 Å². The maximum Gasteiger partial charge on any atom is 0.0825 e. The summed E-state index contributed by atoms with van der Waals surface area (Å²) in [5.41, 5.74) is 0. The van der Waals surface area contributed by atoms with E-state index in [1.807, 2.05) is 0 Å². The fourth-order valence-electron chi connectivity index (χ4n) is 6.29. The first-order valence-electron chi connectivity index (χ1n) is 18.2. The second-order valence-corrected chi connectivity index (χ2v) is 12.8. The summed E-state index contributed by atoms with van der Waals surface area (Å²) in [6, 6.07) is 0. The third-order valence-electron chi connectivity index (χ3n) is 9.00. The SMILES string of the molecule is CCCCCCCCCCCCCCCCC1CCCCCCCCCCCCCCCCCOOCC1. The Morgan fingerprint density at radius 1 is 0.368 bits per heavy atom. The lowest BCUT2D eigenvalue weighted by Crippen LogP contribution is -2.07. The van der Waals surface area contributed by atoms with Gasteiger partial charge in [-0.15, -0.1) is 0 Å². The normalized spacial score (nSPS) is 20.9. The van der Waals surface area contributed by atoms with Gasteiger partial charge in [0.15, 0.2) is 0 Å². The van der Waals surface area contributed by atoms with Gasteiger partial charge in [-0.1, -0.05) is 200 Å². The molecular weight excluding hydrogens is 464 g/mol. The molecule has 2 heteroatoms. The first-order valence-corrected chi connectivity index (χ1v) is 18.2. The largest absolute Gasteiger partial charge is 0.237 e. The van der Waals surface area contributed by atoms with E-state index in [0.29, 0.717) is 0 Å². The highest BCUT2D eigenvalue weighted by Crippen LogP contribution is 2.23. The van der Waals surface area contributed by atoms with Crippen LogP contribution >= 0.6 is 0 Å². The highest BCUT2D eigenvalue weighted by atomic mass is 17.2. The third-order valence-corrected chi connectivity index (χ3v) is 9.00. The van der Waals surface area contributed by atoms with E-state index < -0.39 is 0 Å². The molecule has 0 aromatic carbocycles. The van der Waals surface area contributed by atoms with Crippen molar-refractivity contribution in [2.75, 3.05) is 13.2 Å². The molecule has 2 nitrogen and oxygen atoms in total. The zero-order chi connectivity index (χ0) is 27.0. The molecular formula is C36H72O2. The van der Waals surface area contributed by atoms with Crippen molar-refractivity contribution < 1.29 is 9.78 Å². The lowest BCUT2D eigenvalue weighted by Gasteiger charge is -2.17. The van der Waals surface area contributed by atoms with Gasteiger partial charge in [0.2, 0.25) is 0 Å². The van der Waals surface area contributed by atoms with Crippen molar-refractivity contribution in [2.45, 2.75) is 212 Å². The molecule has 1 fully saturated rings. The quantitative estimate of drug-likeness (QED) is 0.153. The Kier molecular flexibility index (Phi) is 29.7. The van der Waals surface area contributed by atoms with Crippen LogP contribution in [0.15, 0.2) is 0 Å². The predicted octanol–water partition coefficient (Wildman–Crippen LogP) is 13.1. The number of hydrogen-bond donors (Lipinski definition) is 0. The highest BCUT2D eigenvalue weighted by Gasteiger charge is 2.09. The van der Waals surface area contributed by atoms with Crippen molar-refractivity contribution >= 4 is 0 Å². The number of hydrogen-bond acceptors (Lipinski definition) is 2. The molecule has 0 radical (unpaired) electrons. The summed E-state index contributed by atoms with van der Waals surface area (Å²) < 4.78 is 0. The maximum atomic E-state index is 5.60. The van der Waals surface area contributed by atoms with Gasteiger partial charge >= 0.3 is 0 Å². The number of unbranched alkanes of at least 4 members (excludes halogenated alkanes) is 13. The molecule has 1 heterocycles. The molecule has 0 aromatic heterocycles. The molecule has 38 heavy (non-hydrogen) atoms. The van der Waals surface area contributed by atoms with E-state index in [1.165, 1.54) is 199 Å². The third kappa shape index (κ3) is 27.5. The Morgan fingerprint density at radius 2 is 0.737 bits per heavy atom. The minimum atomic E-state index is 0.781. The van der Waals surface area contributed by atoms with Crippen molar-refractivity contribution in [1.82, 2.24) is 0 Å². The molecule has 1 saturated heterocycles. The predicted molar refractivity (Wildman–Crippen MR) is 169 cm³/mol. The van der Waals surface area contributed by atoms with Crippen molar-refractivity contribution in [3.63, 3.8) is 0 Å². The summed E-state index contributed by atoms with van der Waals surface area (Å²) in [7, 11) is 0. The van der Waals surface area contributed by atoms with Crippen LogP contribution in [0.1, 0.15) is 212 Å². The van der Waals surface area contributed by atoms with Crippen molar-refractivity contribution in [2.24, 2.45) is 5.92 Å². The van der Waals surface area contributed by atoms with Crippen LogP contribution in [0.3, 0.4) is 0 Å². The summed E-state index contributed by atoms with van der Waals surface area (Å²) in [6.45, 7) is 3.88. The molecule has 0 bridgehead atoms. The standard InChI is InChI=1S/C36H72O2/c1-2-3-4-5-6-7-8-9-13-16-19-22-25-28-31-36-32-29-26-23-20-17-14-11-10-12-15-18-21-24-27-30-34-37-38-35-33-36/h36H,2-35H2,1H3. The lowest BCUT2D eigenvalue weighted by molar-refractivity contribution is -0.296. The molecule has 1 aliphatic heterocycles. The average molecular weight is 537 g/mol. The Balaban J connectivity index is 2.09. The van der Waals surface area contributed by atoms with Gasteiger partial charge in [-0.05, 0) is 18.8 Å². The Morgan fingerprint density at radius 3 is 1.21 bits per heavy atom. The van der Waals surface area contributed by atoms with Crippen LogP contribution in [0.5, 0.6) is 0 Å². The molecule has 1 aliphatic rings. The Hall–Kier alpha value is -0.0800. The first kappa shape index (κ1) is 35.9. The van der Waals surface area contributed by atoms with E-state index in [-0.39, 0.29) is 0 Å². The summed E-state index contributed by atoms with van der Waals surface area (Å²) in [4.78, 5) is 11.1. The van der Waals surface area contributed by atoms with Crippen molar-refractivity contribution in [1.29, 1.82) is 0 Å². The molecule has 0 spiro atoms. The fraction of sp³-hybridized carbons (Fsp3) is 1.00. The van der Waals surface area contributed by atoms with Crippen LogP contribution in [0, 0.1) is 5.92 Å². The zero-order valence-corrected chi connectivity index (χ0v) is 26.4. The topological polar surface area (TPSA) is 18.5 Å². The van der Waals surface area contributed by atoms with Gasteiger partial charge < -0.3 is 0 Å². The second kappa shape index (κ2) is 31.4. The van der Waals surface area contributed by atoms with E-state index in [2.05, 4.69) is 6.92 Å². The molecule has 0 amide bonds. The monoisotopic (exact) mass is 537 g/mol. The van der Waals surface area contributed by atoms with E-state index in [0.717, 1.165) is 25.6 Å². The molecule has 0 saturated carbocycles. The molecule has 0 N–H and O–H groups in total. The second-order valence-electron chi connectivity index (χ2n) is 12.8. The van der Waals surface area contributed by atoms with Gasteiger partial charge in [-0.25, -0.2) is 9.78 Å². The van der Waals surface area contributed by atoms with Crippen molar-refractivity contribution in [3.05, 3.63) is 0 Å². The molecule has 228 valence electrons. The van der Waals surface area contributed by atoms with Crippen LogP contribution in [0.4, 0.5) is 0 Å². The molecule has 0 aliphatic carbocycles. The highest BCUT2D eigenvalue weighted by molar-refractivity contribution is 4.61. The zero-order valence-electron chi connectivity index (χ0n) is 26.4. The summed E-state index contributed by atoms with van der Waals surface area (Å²) in [5, 5.41) is 0. The number of rotatable bonds is 15. The van der Waals surface area contributed by atoms with E-state index in [4.69, 9.17) is 9.78 Å². The Labute approximate surface area is 241 Å². The van der Waals surface area contributed by atoms with Gasteiger partial charge in [0, 0.05) is 0 Å². The first-order chi connectivity index (χ1) is 18.9. The molecule has 0 aromatic rings. The smallest absolute Gasteiger partial charge is 0.0825 e.